The number of fused-ring (bicyclic) bond motifs is 1. The first-order chi connectivity index (χ1) is 10.2. The van der Waals surface area contributed by atoms with Gasteiger partial charge < -0.3 is 15.2 Å². The van der Waals surface area contributed by atoms with Crippen LogP contribution in [0.25, 0.3) is 10.8 Å². The number of para-hydroxylation sites is 1. The summed E-state index contributed by atoms with van der Waals surface area (Å²) in [7, 11) is 1.65. The third kappa shape index (κ3) is 2.36. The molecule has 0 saturated heterocycles. The predicted octanol–water partition coefficient (Wildman–Crippen LogP) is 3.93. The Kier molecular flexibility index (Phi) is 3.36. The van der Waals surface area contributed by atoms with Crippen LogP contribution in [-0.4, -0.2) is 12.1 Å². The highest BCUT2D eigenvalue weighted by Crippen LogP contribution is 2.35. The van der Waals surface area contributed by atoms with Gasteiger partial charge in [0.1, 0.15) is 5.75 Å². The Morgan fingerprint density at radius 1 is 0.952 bits per heavy atom. The van der Waals surface area contributed by atoms with Crippen molar-refractivity contribution >= 4 is 16.5 Å². The van der Waals surface area contributed by atoms with Crippen LogP contribution in [0, 0.1) is 6.92 Å². The molecule has 106 valence electrons. The highest BCUT2D eigenvalue weighted by atomic mass is 16.5. The number of ether oxygens (including phenoxy) is 2. The summed E-state index contributed by atoms with van der Waals surface area (Å²) < 4.78 is 11.3. The number of aryl methyl sites for hydroxylation is 1. The summed E-state index contributed by atoms with van der Waals surface area (Å²) in [6.07, 6.45) is 1.70. The SMILES string of the molecule is COc1cccc2c(Oc3cccc(C)c3N)nccc12. The molecule has 0 fully saturated rings. The van der Waals surface area contributed by atoms with Gasteiger partial charge in [0.05, 0.1) is 12.8 Å². The lowest BCUT2D eigenvalue weighted by atomic mass is 10.1. The van der Waals surface area contributed by atoms with Crippen LogP contribution in [-0.2, 0) is 0 Å². The molecule has 2 aromatic carbocycles. The fraction of sp³-hybridized carbons (Fsp3) is 0.118. The summed E-state index contributed by atoms with van der Waals surface area (Å²) in [5, 5.41) is 1.84. The number of hydrogen-bond donors (Lipinski definition) is 1. The molecule has 3 aromatic rings. The van der Waals surface area contributed by atoms with E-state index in [0.29, 0.717) is 17.3 Å². The van der Waals surface area contributed by atoms with Crippen LogP contribution in [0.15, 0.2) is 48.7 Å². The van der Waals surface area contributed by atoms with E-state index in [1.54, 1.807) is 13.3 Å². The zero-order valence-electron chi connectivity index (χ0n) is 12.0. The van der Waals surface area contributed by atoms with E-state index in [0.717, 1.165) is 22.1 Å². The summed E-state index contributed by atoms with van der Waals surface area (Å²) in [5.74, 6) is 1.92. The van der Waals surface area contributed by atoms with Crippen LogP contribution >= 0.6 is 0 Å². The lowest BCUT2D eigenvalue weighted by Gasteiger charge is -2.12. The van der Waals surface area contributed by atoms with Crippen LogP contribution in [0.2, 0.25) is 0 Å². The van der Waals surface area contributed by atoms with Crippen molar-refractivity contribution < 1.29 is 9.47 Å². The van der Waals surface area contributed by atoms with Gasteiger partial charge in [-0.15, -0.1) is 0 Å². The van der Waals surface area contributed by atoms with Crippen molar-refractivity contribution in [3.63, 3.8) is 0 Å². The van der Waals surface area contributed by atoms with Gasteiger partial charge in [-0.05, 0) is 36.8 Å². The topological polar surface area (TPSA) is 57.4 Å². The fourth-order valence-electron chi connectivity index (χ4n) is 2.26. The molecule has 0 aliphatic carbocycles. The van der Waals surface area contributed by atoms with E-state index in [1.165, 1.54) is 0 Å². The minimum absolute atomic E-state index is 0.517. The Morgan fingerprint density at radius 2 is 1.71 bits per heavy atom. The summed E-state index contributed by atoms with van der Waals surface area (Å²) in [6.45, 7) is 1.95. The molecule has 0 radical (unpaired) electrons. The first-order valence-corrected chi connectivity index (χ1v) is 6.65. The van der Waals surface area contributed by atoms with Gasteiger partial charge in [0.2, 0.25) is 5.88 Å². The molecule has 4 nitrogen and oxygen atoms in total. The second kappa shape index (κ2) is 5.32. The Balaban J connectivity index is 2.11. The Bertz CT molecular complexity index is 800. The van der Waals surface area contributed by atoms with Gasteiger partial charge in [0.25, 0.3) is 0 Å². The lowest BCUT2D eigenvalue weighted by Crippen LogP contribution is -1.96. The maximum atomic E-state index is 6.05. The first-order valence-electron chi connectivity index (χ1n) is 6.65. The van der Waals surface area contributed by atoms with Crippen LogP contribution in [0.1, 0.15) is 5.56 Å². The van der Waals surface area contributed by atoms with E-state index in [1.807, 2.05) is 49.4 Å². The lowest BCUT2D eigenvalue weighted by molar-refractivity contribution is 0.419. The summed E-state index contributed by atoms with van der Waals surface area (Å²) in [5.41, 5.74) is 7.65. The third-order valence-electron chi connectivity index (χ3n) is 3.44. The van der Waals surface area contributed by atoms with Crippen LogP contribution in [0.5, 0.6) is 17.4 Å². The molecular formula is C17H16N2O2. The van der Waals surface area contributed by atoms with E-state index in [9.17, 15) is 0 Å². The molecular weight excluding hydrogens is 264 g/mol. The molecule has 1 aromatic heterocycles. The Hall–Kier alpha value is -2.75. The quantitative estimate of drug-likeness (QED) is 0.739. The molecule has 0 bridgehead atoms. The van der Waals surface area contributed by atoms with Crippen molar-refractivity contribution in [2.24, 2.45) is 0 Å². The second-order valence-corrected chi connectivity index (χ2v) is 4.76. The Morgan fingerprint density at radius 3 is 2.52 bits per heavy atom. The average molecular weight is 280 g/mol. The van der Waals surface area contributed by atoms with Crippen molar-refractivity contribution in [3.8, 4) is 17.4 Å². The van der Waals surface area contributed by atoms with Crippen molar-refractivity contribution in [2.45, 2.75) is 6.92 Å². The summed E-state index contributed by atoms with van der Waals surface area (Å²) in [6, 6.07) is 13.4. The maximum absolute atomic E-state index is 6.05. The number of nitrogen functional groups attached to an aromatic ring is 1. The minimum Gasteiger partial charge on any atom is -0.496 e. The smallest absolute Gasteiger partial charge is 0.227 e. The van der Waals surface area contributed by atoms with Gasteiger partial charge in [-0.3, -0.25) is 0 Å². The molecule has 0 aliphatic rings. The van der Waals surface area contributed by atoms with Gasteiger partial charge in [-0.25, -0.2) is 4.98 Å². The predicted molar refractivity (Wildman–Crippen MR) is 84.0 cm³/mol. The van der Waals surface area contributed by atoms with E-state index < -0.39 is 0 Å². The van der Waals surface area contributed by atoms with Crippen LogP contribution in [0.3, 0.4) is 0 Å². The number of nitrogens with two attached hydrogens (primary N) is 1. The van der Waals surface area contributed by atoms with Gasteiger partial charge in [-0.1, -0.05) is 18.2 Å². The minimum atomic E-state index is 0.517. The van der Waals surface area contributed by atoms with Crippen molar-refractivity contribution in [1.82, 2.24) is 4.98 Å². The second-order valence-electron chi connectivity index (χ2n) is 4.76. The van der Waals surface area contributed by atoms with Crippen LogP contribution in [0.4, 0.5) is 5.69 Å². The molecule has 0 spiro atoms. The molecule has 0 amide bonds. The number of pyridine rings is 1. The summed E-state index contributed by atoms with van der Waals surface area (Å²) in [4.78, 5) is 4.32. The fourth-order valence-corrected chi connectivity index (χ4v) is 2.26. The molecule has 0 atom stereocenters. The number of aromatic nitrogens is 1. The highest BCUT2D eigenvalue weighted by molar-refractivity contribution is 5.92. The molecule has 21 heavy (non-hydrogen) atoms. The standard InChI is InChI=1S/C17H16N2O2/c1-11-5-3-8-15(16(11)18)21-17-13-6-4-7-14(20-2)12(13)9-10-19-17/h3-10H,18H2,1-2H3. The van der Waals surface area contributed by atoms with E-state index in [-0.39, 0.29) is 0 Å². The van der Waals surface area contributed by atoms with Crippen molar-refractivity contribution in [2.75, 3.05) is 12.8 Å². The molecule has 1 heterocycles. The molecule has 0 unspecified atom stereocenters. The Labute approximate surface area is 123 Å². The van der Waals surface area contributed by atoms with Gasteiger partial charge >= 0.3 is 0 Å². The van der Waals surface area contributed by atoms with E-state index >= 15 is 0 Å². The van der Waals surface area contributed by atoms with Crippen molar-refractivity contribution in [3.05, 3.63) is 54.2 Å². The van der Waals surface area contributed by atoms with Gasteiger partial charge in [-0.2, -0.15) is 0 Å². The average Bonchev–Trinajstić information content (AvgIpc) is 2.51. The van der Waals surface area contributed by atoms with Gasteiger partial charge in [0.15, 0.2) is 5.75 Å². The number of nitrogens with zero attached hydrogens (tertiary/aromatic N) is 1. The molecule has 3 rings (SSSR count). The number of anilines is 1. The van der Waals surface area contributed by atoms with E-state index in [2.05, 4.69) is 4.98 Å². The molecule has 2 N–H and O–H groups in total. The number of hydrogen-bond acceptors (Lipinski definition) is 4. The zero-order chi connectivity index (χ0) is 14.8. The number of rotatable bonds is 3. The first kappa shape index (κ1) is 13.2. The van der Waals surface area contributed by atoms with Crippen LogP contribution < -0.4 is 15.2 Å². The molecule has 4 heteroatoms. The van der Waals surface area contributed by atoms with Crippen molar-refractivity contribution in [1.29, 1.82) is 0 Å². The molecule has 0 aliphatic heterocycles. The largest absolute Gasteiger partial charge is 0.496 e. The van der Waals surface area contributed by atoms with E-state index in [4.69, 9.17) is 15.2 Å². The third-order valence-corrected chi connectivity index (χ3v) is 3.44. The maximum Gasteiger partial charge on any atom is 0.227 e. The normalized spacial score (nSPS) is 10.6. The highest BCUT2D eigenvalue weighted by Gasteiger charge is 2.10. The number of benzene rings is 2. The summed E-state index contributed by atoms with van der Waals surface area (Å²) >= 11 is 0. The molecule has 0 saturated carbocycles. The van der Waals surface area contributed by atoms with Gasteiger partial charge in [0, 0.05) is 17.0 Å². The zero-order valence-corrected chi connectivity index (χ0v) is 12.0. The number of methoxy groups -OCH3 is 1. The monoisotopic (exact) mass is 280 g/mol.